The lowest BCUT2D eigenvalue weighted by Crippen LogP contribution is -2.26. The van der Waals surface area contributed by atoms with Crippen molar-refractivity contribution in [1.82, 2.24) is 30.0 Å². The minimum atomic E-state index is -0.521. The number of rotatable bonds is 6. The molecule has 1 atom stereocenters. The zero-order valence-corrected chi connectivity index (χ0v) is 17.3. The van der Waals surface area contributed by atoms with Gasteiger partial charge in [0.05, 0.1) is 37.2 Å². The van der Waals surface area contributed by atoms with Crippen molar-refractivity contribution in [2.75, 3.05) is 11.4 Å². The molecule has 0 saturated carbocycles. The van der Waals surface area contributed by atoms with Crippen LogP contribution in [0.25, 0.3) is 11.3 Å². The molecule has 1 aliphatic rings. The molecule has 0 bridgehead atoms. The van der Waals surface area contributed by atoms with Gasteiger partial charge < -0.3 is 4.74 Å². The molecular weight excluding hydrogens is 413 g/mol. The first-order valence-corrected chi connectivity index (χ1v) is 10.1. The Bertz CT molecular complexity index is 1250. The van der Waals surface area contributed by atoms with Gasteiger partial charge in [-0.05, 0) is 30.7 Å². The Morgan fingerprint density at radius 3 is 2.62 bits per heavy atom. The molecule has 2 aromatic heterocycles. The first-order chi connectivity index (χ1) is 15.5. The van der Waals surface area contributed by atoms with E-state index >= 15 is 0 Å². The van der Waals surface area contributed by atoms with Crippen molar-refractivity contribution in [3.63, 3.8) is 0 Å². The van der Waals surface area contributed by atoms with E-state index in [0.29, 0.717) is 36.6 Å². The Morgan fingerprint density at radius 2 is 1.88 bits per heavy atom. The van der Waals surface area contributed by atoms with Crippen LogP contribution in [0.2, 0.25) is 0 Å². The van der Waals surface area contributed by atoms with E-state index in [1.165, 1.54) is 11.0 Å². The summed E-state index contributed by atoms with van der Waals surface area (Å²) in [6.45, 7) is 3.05. The molecule has 9 nitrogen and oxygen atoms in total. The van der Waals surface area contributed by atoms with E-state index in [0.717, 1.165) is 11.3 Å². The van der Waals surface area contributed by atoms with Crippen LogP contribution >= 0.6 is 0 Å². The first kappa shape index (κ1) is 19.9. The third kappa shape index (κ3) is 4.07. The van der Waals surface area contributed by atoms with Crippen LogP contribution in [0.15, 0.2) is 60.9 Å². The number of amides is 1. The Kier molecular flexibility index (Phi) is 5.10. The highest BCUT2D eigenvalue weighted by molar-refractivity contribution is 5.90. The number of cyclic esters (lactones) is 1. The third-order valence-electron chi connectivity index (χ3n) is 5.18. The maximum atomic E-state index is 14.9. The monoisotopic (exact) mass is 433 g/mol. The molecule has 2 aromatic carbocycles. The van der Waals surface area contributed by atoms with E-state index in [1.54, 1.807) is 33.9 Å². The van der Waals surface area contributed by atoms with Crippen molar-refractivity contribution in [2.45, 2.75) is 26.1 Å². The number of hydrogen-bond donors (Lipinski definition) is 0. The molecule has 1 saturated heterocycles. The van der Waals surface area contributed by atoms with Crippen LogP contribution in [0.5, 0.6) is 0 Å². The summed E-state index contributed by atoms with van der Waals surface area (Å²) in [5.74, 6) is -0.489. The number of halogens is 1. The van der Waals surface area contributed by atoms with Gasteiger partial charge in [0.1, 0.15) is 17.6 Å². The Hall–Kier alpha value is -4.08. The number of carbonyl (C=O) groups excluding carboxylic acids is 1. The highest BCUT2D eigenvalue weighted by Gasteiger charge is 2.33. The number of benzene rings is 2. The van der Waals surface area contributed by atoms with Gasteiger partial charge >= 0.3 is 6.09 Å². The predicted octanol–water partition coefficient (Wildman–Crippen LogP) is 3.06. The maximum absolute atomic E-state index is 14.9. The van der Waals surface area contributed by atoms with Crippen molar-refractivity contribution in [1.29, 1.82) is 0 Å². The summed E-state index contributed by atoms with van der Waals surface area (Å²) in [5.41, 5.74) is 3.02. The van der Waals surface area contributed by atoms with E-state index < -0.39 is 18.0 Å². The summed E-state index contributed by atoms with van der Waals surface area (Å²) in [6.07, 6.45) is 2.55. The molecule has 0 aliphatic carbocycles. The van der Waals surface area contributed by atoms with E-state index in [1.807, 2.05) is 37.3 Å². The number of aromatic nitrogens is 6. The van der Waals surface area contributed by atoms with Crippen molar-refractivity contribution >= 4 is 11.8 Å². The van der Waals surface area contributed by atoms with Crippen LogP contribution < -0.4 is 4.90 Å². The summed E-state index contributed by atoms with van der Waals surface area (Å²) in [5, 5.41) is 16.1. The van der Waals surface area contributed by atoms with Crippen molar-refractivity contribution in [3.05, 3.63) is 78.0 Å². The lowest BCUT2D eigenvalue weighted by Gasteiger charge is -2.14. The normalized spacial score (nSPS) is 15.9. The van der Waals surface area contributed by atoms with Gasteiger partial charge in [0.2, 0.25) is 0 Å². The highest BCUT2D eigenvalue weighted by atomic mass is 19.1. The van der Waals surface area contributed by atoms with Crippen LogP contribution in [0.3, 0.4) is 0 Å². The van der Waals surface area contributed by atoms with Crippen molar-refractivity contribution < 1.29 is 13.9 Å². The molecule has 10 heteroatoms. The zero-order chi connectivity index (χ0) is 22.1. The van der Waals surface area contributed by atoms with Crippen molar-refractivity contribution in [3.8, 4) is 11.3 Å². The average molecular weight is 433 g/mol. The second kappa shape index (κ2) is 8.22. The maximum Gasteiger partial charge on any atom is 0.414 e. The standard InChI is InChI=1S/C22H20FN7O2/c1-15-10-28(26-24-15)12-18-13-30(22(31)32-18)17-7-8-19(20(23)9-17)21-14-29(27-25-21)11-16-5-3-2-4-6-16/h2-10,14,18H,11-13H2,1H3/t18-/m0/s1. The molecule has 4 aromatic rings. The quantitative estimate of drug-likeness (QED) is 0.464. The zero-order valence-electron chi connectivity index (χ0n) is 17.3. The van der Waals surface area contributed by atoms with Crippen LogP contribution in [-0.4, -0.2) is 48.7 Å². The molecule has 0 radical (unpaired) electrons. The minimum Gasteiger partial charge on any atom is -0.442 e. The molecule has 0 unspecified atom stereocenters. The molecule has 5 rings (SSSR count). The lowest BCUT2D eigenvalue weighted by molar-refractivity contribution is 0.129. The number of carbonyl (C=O) groups is 1. The van der Waals surface area contributed by atoms with Gasteiger partial charge in [-0.1, -0.05) is 40.8 Å². The van der Waals surface area contributed by atoms with Crippen LogP contribution in [0.4, 0.5) is 14.9 Å². The molecule has 1 fully saturated rings. The summed E-state index contributed by atoms with van der Waals surface area (Å²) >= 11 is 0. The van der Waals surface area contributed by atoms with Gasteiger partial charge in [-0.3, -0.25) is 4.90 Å². The van der Waals surface area contributed by atoms with Crippen LogP contribution in [-0.2, 0) is 17.8 Å². The van der Waals surface area contributed by atoms with Crippen molar-refractivity contribution in [2.24, 2.45) is 0 Å². The Morgan fingerprint density at radius 1 is 1.06 bits per heavy atom. The van der Waals surface area contributed by atoms with Gasteiger partial charge in [0.25, 0.3) is 0 Å². The third-order valence-corrected chi connectivity index (χ3v) is 5.18. The molecule has 0 N–H and O–H groups in total. The van der Waals surface area contributed by atoms with E-state index in [2.05, 4.69) is 20.6 Å². The first-order valence-electron chi connectivity index (χ1n) is 10.1. The molecule has 0 spiro atoms. The number of anilines is 1. The smallest absolute Gasteiger partial charge is 0.414 e. The van der Waals surface area contributed by atoms with Gasteiger partial charge in [0.15, 0.2) is 0 Å². The van der Waals surface area contributed by atoms with Crippen LogP contribution in [0.1, 0.15) is 11.3 Å². The highest BCUT2D eigenvalue weighted by Crippen LogP contribution is 2.28. The predicted molar refractivity (Wildman–Crippen MR) is 113 cm³/mol. The van der Waals surface area contributed by atoms with Gasteiger partial charge in [0, 0.05) is 11.8 Å². The fourth-order valence-corrected chi connectivity index (χ4v) is 3.67. The Balaban J connectivity index is 1.30. The van der Waals surface area contributed by atoms with E-state index in [4.69, 9.17) is 4.74 Å². The van der Waals surface area contributed by atoms with E-state index in [-0.39, 0.29) is 0 Å². The van der Waals surface area contributed by atoms with Gasteiger partial charge in [-0.25, -0.2) is 18.5 Å². The second-order valence-electron chi connectivity index (χ2n) is 7.65. The number of ether oxygens (including phenoxy) is 1. The molecule has 1 aliphatic heterocycles. The topological polar surface area (TPSA) is 91.0 Å². The molecular formula is C22H20FN7O2. The molecule has 1 amide bonds. The van der Waals surface area contributed by atoms with Gasteiger partial charge in [-0.2, -0.15) is 0 Å². The summed E-state index contributed by atoms with van der Waals surface area (Å²) in [6, 6.07) is 14.4. The second-order valence-corrected chi connectivity index (χ2v) is 7.65. The number of hydrogen-bond acceptors (Lipinski definition) is 6. The molecule has 32 heavy (non-hydrogen) atoms. The SMILES string of the molecule is Cc1cn(C[C@H]2CN(c3ccc(-c4cn(Cc5ccccc5)nn4)c(F)c3)C(=O)O2)nn1. The Labute approximate surface area is 183 Å². The van der Waals surface area contributed by atoms with Gasteiger partial charge in [-0.15, -0.1) is 10.2 Å². The summed E-state index contributed by atoms with van der Waals surface area (Å²) in [4.78, 5) is 13.7. The molecule has 3 heterocycles. The summed E-state index contributed by atoms with van der Waals surface area (Å²) in [7, 11) is 0. The number of nitrogens with zero attached hydrogens (tertiary/aromatic N) is 7. The van der Waals surface area contributed by atoms with E-state index in [9.17, 15) is 9.18 Å². The number of aryl methyl sites for hydroxylation is 1. The van der Waals surface area contributed by atoms with Crippen LogP contribution in [0, 0.1) is 12.7 Å². The summed E-state index contributed by atoms with van der Waals surface area (Å²) < 4.78 is 23.6. The average Bonchev–Trinajstić information content (AvgIpc) is 3.50. The fraction of sp³-hybridized carbons (Fsp3) is 0.227. The fourth-order valence-electron chi connectivity index (χ4n) is 3.67. The molecule has 162 valence electrons. The lowest BCUT2D eigenvalue weighted by atomic mass is 10.1. The largest absolute Gasteiger partial charge is 0.442 e. The minimum absolute atomic E-state index is 0.295.